The maximum atomic E-state index is 12.8. The van der Waals surface area contributed by atoms with E-state index in [1.54, 1.807) is 18.2 Å². The Bertz CT molecular complexity index is 802. The zero-order chi connectivity index (χ0) is 17.3. The summed E-state index contributed by atoms with van der Waals surface area (Å²) in [6.45, 7) is 9.02. The van der Waals surface area contributed by atoms with Gasteiger partial charge < -0.3 is 9.42 Å². The molecule has 1 aromatic carbocycles. The average Bonchev–Trinajstić information content (AvgIpc) is 2.89. The maximum Gasteiger partial charge on any atom is 0.248 e. The number of benzene rings is 1. The van der Waals surface area contributed by atoms with Crippen LogP contribution in [0.5, 0.6) is 0 Å². The number of aromatic nitrogens is 1. The topological polar surface area (TPSA) is 67.8 Å². The van der Waals surface area contributed by atoms with E-state index >= 15 is 0 Å². The van der Waals surface area contributed by atoms with Gasteiger partial charge in [0, 0.05) is 5.56 Å². The van der Waals surface area contributed by atoms with E-state index in [0.29, 0.717) is 24.5 Å². The van der Waals surface area contributed by atoms with E-state index in [4.69, 9.17) is 4.52 Å². The maximum absolute atomic E-state index is 12.8. The molecule has 0 aliphatic carbocycles. The molecular weight excluding hydrogens is 326 g/mol. The van der Waals surface area contributed by atoms with Gasteiger partial charge in [0.2, 0.25) is 10.0 Å². The molecule has 1 aliphatic rings. The van der Waals surface area contributed by atoms with Gasteiger partial charge in [0.25, 0.3) is 0 Å². The van der Waals surface area contributed by atoms with Crippen molar-refractivity contribution in [1.29, 1.82) is 0 Å². The summed E-state index contributed by atoms with van der Waals surface area (Å²) in [6.07, 6.45) is 0. The lowest BCUT2D eigenvalue weighted by atomic mass is 10.1. The molecule has 1 fully saturated rings. The number of aryl methyl sites for hydroxylation is 3. The van der Waals surface area contributed by atoms with Crippen LogP contribution in [0.2, 0.25) is 0 Å². The first-order valence-corrected chi connectivity index (χ1v) is 9.64. The van der Waals surface area contributed by atoms with Crippen molar-refractivity contribution in [3.8, 4) is 0 Å². The predicted molar refractivity (Wildman–Crippen MR) is 90.3 cm³/mol. The number of quaternary nitrogens is 1. The molecule has 7 heteroatoms. The van der Waals surface area contributed by atoms with Gasteiger partial charge in [0.1, 0.15) is 17.1 Å². The summed E-state index contributed by atoms with van der Waals surface area (Å²) in [7, 11) is -3.52. The molecule has 0 radical (unpaired) electrons. The number of hydrogen-bond acceptors (Lipinski definition) is 4. The van der Waals surface area contributed by atoms with Gasteiger partial charge in [-0.15, -0.1) is 0 Å². The molecular formula is C17H24N3O3S+. The number of hydrogen-bond donors (Lipinski definition) is 1. The van der Waals surface area contributed by atoms with E-state index < -0.39 is 10.0 Å². The Labute approximate surface area is 143 Å². The summed E-state index contributed by atoms with van der Waals surface area (Å²) in [5.74, 6) is 0.363. The highest BCUT2D eigenvalue weighted by Crippen LogP contribution is 2.23. The molecule has 0 amide bonds. The number of sulfonamides is 1. The summed E-state index contributed by atoms with van der Waals surface area (Å²) in [5.41, 5.74) is 3.05. The Hall–Kier alpha value is -1.70. The Morgan fingerprint density at radius 1 is 1.17 bits per heavy atom. The molecule has 1 saturated heterocycles. The monoisotopic (exact) mass is 350 g/mol. The first-order valence-electron chi connectivity index (χ1n) is 8.20. The Kier molecular flexibility index (Phi) is 4.76. The molecule has 130 valence electrons. The second kappa shape index (κ2) is 6.66. The number of piperazine rings is 1. The van der Waals surface area contributed by atoms with Crippen molar-refractivity contribution in [2.45, 2.75) is 32.2 Å². The third-order valence-corrected chi connectivity index (χ3v) is 6.84. The first-order chi connectivity index (χ1) is 11.4. The molecule has 6 nitrogen and oxygen atoms in total. The van der Waals surface area contributed by atoms with Gasteiger partial charge in [0.15, 0.2) is 5.76 Å². The smallest absolute Gasteiger partial charge is 0.248 e. The normalized spacial score (nSPS) is 17.3. The molecule has 3 rings (SSSR count). The van der Waals surface area contributed by atoms with Crippen molar-refractivity contribution in [2.75, 3.05) is 26.2 Å². The van der Waals surface area contributed by atoms with Crippen molar-refractivity contribution < 1.29 is 17.8 Å². The van der Waals surface area contributed by atoms with Gasteiger partial charge in [0.05, 0.1) is 26.2 Å². The second-order valence-electron chi connectivity index (χ2n) is 6.41. The quantitative estimate of drug-likeness (QED) is 0.881. The van der Waals surface area contributed by atoms with Crippen molar-refractivity contribution in [2.24, 2.45) is 0 Å². The molecule has 0 atom stereocenters. The van der Waals surface area contributed by atoms with Crippen molar-refractivity contribution in [3.63, 3.8) is 0 Å². The van der Waals surface area contributed by atoms with Crippen LogP contribution in [0, 0.1) is 20.8 Å². The molecule has 2 aromatic rings. The summed E-state index contributed by atoms with van der Waals surface area (Å²) in [6, 6.07) is 8.37. The summed E-state index contributed by atoms with van der Waals surface area (Å²) in [5, 5.41) is 3.77. The summed E-state index contributed by atoms with van der Waals surface area (Å²) >= 11 is 0. The van der Waals surface area contributed by atoms with Crippen LogP contribution in [-0.2, 0) is 16.6 Å². The van der Waals surface area contributed by atoms with Crippen LogP contribution in [-0.4, -0.2) is 44.1 Å². The lowest BCUT2D eigenvalue weighted by Crippen LogP contribution is -3.13. The van der Waals surface area contributed by atoms with Crippen LogP contribution in [0.25, 0.3) is 0 Å². The van der Waals surface area contributed by atoms with Gasteiger partial charge in [-0.25, -0.2) is 8.42 Å². The second-order valence-corrected chi connectivity index (χ2v) is 8.29. The third kappa shape index (κ3) is 3.24. The Morgan fingerprint density at radius 2 is 1.83 bits per heavy atom. The summed E-state index contributed by atoms with van der Waals surface area (Å²) < 4.78 is 32.2. The highest BCUT2D eigenvalue weighted by atomic mass is 32.2. The van der Waals surface area contributed by atoms with Gasteiger partial charge in [-0.05, 0) is 26.3 Å². The van der Waals surface area contributed by atoms with Gasteiger partial charge in [-0.1, -0.05) is 29.4 Å². The minimum atomic E-state index is -3.52. The molecule has 2 heterocycles. The van der Waals surface area contributed by atoms with Crippen LogP contribution in [0.4, 0.5) is 0 Å². The van der Waals surface area contributed by atoms with Crippen LogP contribution in [0.3, 0.4) is 0 Å². The first kappa shape index (κ1) is 17.1. The Balaban J connectivity index is 1.68. The van der Waals surface area contributed by atoms with Gasteiger partial charge >= 0.3 is 0 Å². The van der Waals surface area contributed by atoms with Crippen LogP contribution in [0.1, 0.15) is 22.6 Å². The Morgan fingerprint density at radius 3 is 2.42 bits per heavy atom. The largest absolute Gasteiger partial charge is 0.360 e. The highest BCUT2D eigenvalue weighted by molar-refractivity contribution is 7.89. The van der Waals surface area contributed by atoms with E-state index in [0.717, 1.165) is 19.6 Å². The third-order valence-electron chi connectivity index (χ3n) is 4.70. The number of nitrogens with zero attached hydrogens (tertiary/aromatic N) is 2. The van der Waals surface area contributed by atoms with E-state index in [-0.39, 0.29) is 4.90 Å². The summed E-state index contributed by atoms with van der Waals surface area (Å²) in [4.78, 5) is 1.64. The molecule has 1 N–H and O–H groups in total. The molecule has 0 saturated carbocycles. The van der Waals surface area contributed by atoms with Gasteiger partial charge in [-0.3, -0.25) is 0 Å². The lowest BCUT2D eigenvalue weighted by molar-refractivity contribution is -0.917. The fourth-order valence-corrected chi connectivity index (χ4v) is 5.00. The van der Waals surface area contributed by atoms with Gasteiger partial charge in [-0.2, -0.15) is 4.31 Å². The SMILES string of the molecule is Cc1ccccc1C[NH+]1CCN(S(=O)(=O)c2c(C)noc2C)CC1. The molecule has 0 bridgehead atoms. The molecule has 1 aliphatic heterocycles. The van der Waals surface area contributed by atoms with E-state index in [2.05, 4.69) is 30.3 Å². The minimum Gasteiger partial charge on any atom is -0.360 e. The molecule has 24 heavy (non-hydrogen) atoms. The molecule has 0 spiro atoms. The van der Waals surface area contributed by atoms with Crippen molar-refractivity contribution in [3.05, 3.63) is 46.8 Å². The molecule has 0 unspecified atom stereocenters. The number of rotatable bonds is 4. The van der Waals surface area contributed by atoms with E-state index in [1.807, 2.05) is 6.07 Å². The fraction of sp³-hybridized carbons (Fsp3) is 0.471. The average molecular weight is 350 g/mol. The zero-order valence-electron chi connectivity index (χ0n) is 14.4. The highest BCUT2D eigenvalue weighted by Gasteiger charge is 2.34. The lowest BCUT2D eigenvalue weighted by Gasteiger charge is -2.31. The van der Waals surface area contributed by atoms with Crippen LogP contribution >= 0.6 is 0 Å². The van der Waals surface area contributed by atoms with Crippen molar-refractivity contribution in [1.82, 2.24) is 9.46 Å². The fourth-order valence-electron chi connectivity index (χ4n) is 3.27. The standard InChI is InChI=1S/C17H23N3O3S/c1-13-6-4-5-7-16(13)12-19-8-10-20(11-9-19)24(21,22)17-14(2)18-23-15(17)3/h4-7H,8-12H2,1-3H3/p+1. The minimum absolute atomic E-state index is 0.227. The predicted octanol–water partition coefficient (Wildman–Crippen LogP) is 0.689. The van der Waals surface area contributed by atoms with E-state index in [1.165, 1.54) is 16.0 Å². The van der Waals surface area contributed by atoms with E-state index in [9.17, 15) is 8.42 Å². The van der Waals surface area contributed by atoms with Crippen molar-refractivity contribution >= 4 is 10.0 Å². The number of nitrogens with one attached hydrogen (secondary N) is 1. The zero-order valence-corrected chi connectivity index (χ0v) is 15.2. The van der Waals surface area contributed by atoms with Crippen LogP contribution in [0.15, 0.2) is 33.7 Å². The molecule has 1 aromatic heterocycles. The van der Waals surface area contributed by atoms with Crippen LogP contribution < -0.4 is 4.90 Å².